The Hall–Kier alpha value is -3.32. The average Bonchev–Trinajstić information content (AvgIpc) is 2.80. The van der Waals surface area contributed by atoms with Gasteiger partial charge in [-0.25, -0.2) is 14.4 Å². The van der Waals surface area contributed by atoms with Crippen LogP contribution in [0.4, 0.5) is 4.39 Å². The Morgan fingerprint density at radius 3 is 2.68 bits per heavy atom. The lowest BCUT2D eigenvalue weighted by Gasteiger charge is -2.28. The van der Waals surface area contributed by atoms with Crippen LogP contribution in [0.3, 0.4) is 0 Å². The second-order valence-corrected chi connectivity index (χ2v) is 9.47. The quantitative estimate of drug-likeness (QED) is 0.462. The second kappa shape index (κ2) is 10.3. The van der Waals surface area contributed by atoms with E-state index >= 15 is 0 Å². The summed E-state index contributed by atoms with van der Waals surface area (Å²) in [5.41, 5.74) is 3.37. The molecule has 0 aliphatic carbocycles. The molecule has 2 heterocycles. The molecule has 4 rings (SSSR count). The maximum absolute atomic E-state index is 13.3. The van der Waals surface area contributed by atoms with Crippen LogP contribution < -0.4 is 4.74 Å². The molecule has 0 amide bonds. The highest BCUT2D eigenvalue weighted by atomic mass is 19.1. The first-order chi connectivity index (χ1) is 16.2. The molecule has 0 bridgehead atoms. The van der Waals surface area contributed by atoms with Crippen LogP contribution >= 0.6 is 0 Å². The molecule has 178 valence electrons. The molecule has 0 saturated carbocycles. The summed E-state index contributed by atoms with van der Waals surface area (Å²) in [7, 11) is 0. The first-order valence-corrected chi connectivity index (χ1v) is 11.5. The Morgan fingerprint density at radius 2 is 1.94 bits per heavy atom. The zero-order valence-electron chi connectivity index (χ0n) is 19.9. The van der Waals surface area contributed by atoms with E-state index in [0.717, 1.165) is 41.9 Å². The SMILES string of the molecule is CC(C)(C)OC(=O)CCN1CCc2nc(-c3ccc(OCc4cccc(F)c4)cc3)ncc2C1. The minimum Gasteiger partial charge on any atom is -0.489 e. The summed E-state index contributed by atoms with van der Waals surface area (Å²) in [6, 6.07) is 14.0. The molecule has 0 radical (unpaired) electrons. The molecule has 0 atom stereocenters. The molecule has 0 saturated heterocycles. The van der Waals surface area contributed by atoms with Gasteiger partial charge in [-0.2, -0.15) is 0 Å². The van der Waals surface area contributed by atoms with Crippen molar-refractivity contribution in [1.82, 2.24) is 14.9 Å². The van der Waals surface area contributed by atoms with E-state index in [1.807, 2.05) is 57.3 Å². The van der Waals surface area contributed by atoms with Gasteiger partial charge in [0.25, 0.3) is 0 Å². The molecule has 2 aromatic carbocycles. The van der Waals surface area contributed by atoms with Gasteiger partial charge < -0.3 is 9.47 Å². The number of ether oxygens (including phenoxy) is 2. The second-order valence-electron chi connectivity index (χ2n) is 9.47. The van der Waals surface area contributed by atoms with Crippen LogP contribution in [0.5, 0.6) is 5.75 Å². The molecular weight excluding hydrogens is 433 g/mol. The van der Waals surface area contributed by atoms with E-state index in [4.69, 9.17) is 14.5 Å². The van der Waals surface area contributed by atoms with Crippen LogP contribution in [0.25, 0.3) is 11.4 Å². The maximum atomic E-state index is 13.3. The smallest absolute Gasteiger partial charge is 0.307 e. The number of carbonyl (C=O) groups excluding carboxylic acids is 1. The fourth-order valence-electron chi connectivity index (χ4n) is 3.84. The van der Waals surface area contributed by atoms with Crippen molar-refractivity contribution >= 4 is 5.97 Å². The van der Waals surface area contributed by atoms with Crippen molar-refractivity contribution in [3.63, 3.8) is 0 Å². The molecule has 0 spiro atoms. The average molecular weight is 464 g/mol. The van der Waals surface area contributed by atoms with Gasteiger partial charge in [-0.3, -0.25) is 9.69 Å². The van der Waals surface area contributed by atoms with Gasteiger partial charge in [0, 0.05) is 43.4 Å². The molecular formula is C27H30FN3O3. The van der Waals surface area contributed by atoms with Gasteiger partial charge in [0.1, 0.15) is 23.8 Å². The Labute approximate surface area is 199 Å². The van der Waals surface area contributed by atoms with Gasteiger partial charge in [0.2, 0.25) is 0 Å². The Balaban J connectivity index is 1.33. The number of fused-ring (bicyclic) bond motifs is 1. The molecule has 7 heteroatoms. The molecule has 1 aromatic heterocycles. The van der Waals surface area contributed by atoms with Gasteiger partial charge in [-0.05, 0) is 62.7 Å². The maximum Gasteiger partial charge on any atom is 0.307 e. The summed E-state index contributed by atoms with van der Waals surface area (Å²) in [6.45, 7) is 8.17. The number of benzene rings is 2. The number of nitrogens with zero attached hydrogens (tertiary/aromatic N) is 3. The van der Waals surface area contributed by atoms with E-state index < -0.39 is 5.60 Å². The standard InChI is InChI=1S/C27H30FN3O3/c1-27(2,3)34-25(32)12-14-31-13-11-24-21(17-31)16-29-26(30-24)20-7-9-23(10-8-20)33-18-19-5-4-6-22(28)15-19/h4-10,15-16H,11-14,17-18H2,1-3H3. The Morgan fingerprint density at radius 1 is 1.15 bits per heavy atom. The zero-order chi connectivity index (χ0) is 24.1. The van der Waals surface area contributed by atoms with Crippen molar-refractivity contribution in [2.24, 2.45) is 0 Å². The van der Waals surface area contributed by atoms with Crippen molar-refractivity contribution in [2.75, 3.05) is 13.1 Å². The number of hydrogen-bond acceptors (Lipinski definition) is 6. The number of aromatic nitrogens is 2. The molecule has 6 nitrogen and oxygen atoms in total. The van der Waals surface area contributed by atoms with Crippen molar-refractivity contribution in [2.45, 2.75) is 52.4 Å². The topological polar surface area (TPSA) is 64.5 Å². The minimum absolute atomic E-state index is 0.173. The van der Waals surface area contributed by atoms with Crippen LogP contribution in [-0.2, 0) is 29.1 Å². The first-order valence-electron chi connectivity index (χ1n) is 11.5. The van der Waals surface area contributed by atoms with Gasteiger partial charge in [-0.15, -0.1) is 0 Å². The molecule has 1 aliphatic heterocycles. The molecule has 0 N–H and O–H groups in total. The number of carbonyl (C=O) groups is 1. The van der Waals surface area contributed by atoms with E-state index in [0.29, 0.717) is 31.1 Å². The minimum atomic E-state index is -0.457. The van der Waals surface area contributed by atoms with Crippen LogP contribution in [0.15, 0.2) is 54.7 Å². The summed E-state index contributed by atoms with van der Waals surface area (Å²) in [6.07, 6.45) is 3.07. The van der Waals surface area contributed by atoms with Crippen molar-refractivity contribution < 1.29 is 18.7 Å². The molecule has 0 fully saturated rings. The van der Waals surface area contributed by atoms with Crippen molar-refractivity contribution in [3.8, 4) is 17.1 Å². The lowest BCUT2D eigenvalue weighted by Crippen LogP contribution is -2.34. The number of hydrogen-bond donors (Lipinski definition) is 0. The number of rotatable bonds is 7. The van der Waals surface area contributed by atoms with E-state index in [2.05, 4.69) is 9.88 Å². The predicted molar refractivity (Wildman–Crippen MR) is 128 cm³/mol. The Kier molecular flexibility index (Phi) is 7.22. The van der Waals surface area contributed by atoms with Gasteiger partial charge >= 0.3 is 5.97 Å². The highest BCUT2D eigenvalue weighted by Gasteiger charge is 2.21. The summed E-state index contributed by atoms with van der Waals surface area (Å²) in [5.74, 6) is 0.935. The third-order valence-corrected chi connectivity index (χ3v) is 5.47. The number of halogens is 1. The largest absolute Gasteiger partial charge is 0.489 e. The molecule has 1 aliphatic rings. The molecule has 3 aromatic rings. The number of esters is 1. The van der Waals surface area contributed by atoms with Gasteiger partial charge in [-0.1, -0.05) is 12.1 Å². The third-order valence-electron chi connectivity index (χ3n) is 5.47. The van der Waals surface area contributed by atoms with E-state index in [-0.39, 0.29) is 11.8 Å². The molecule has 0 unspecified atom stereocenters. The monoisotopic (exact) mass is 463 g/mol. The van der Waals surface area contributed by atoms with E-state index in [1.54, 1.807) is 6.07 Å². The normalized spacial score (nSPS) is 13.9. The van der Waals surface area contributed by atoms with Crippen LogP contribution in [-0.4, -0.2) is 39.5 Å². The van der Waals surface area contributed by atoms with Crippen molar-refractivity contribution in [3.05, 3.63) is 77.4 Å². The lowest BCUT2D eigenvalue weighted by molar-refractivity contribution is -0.155. The van der Waals surface area contributed by atoms with Crippen LogP contribution in [0.1, 0.15) is 44.0 Å². The van der Waals surface area contributed by atoms with Crippen molar-refractivity contribution in [1.29, 1.82) is 0 Å². The summed E-state index contributed by atoms with van der Waals surface area (Å²) < 4.78 is 24.5. The van der Waals surface area contributed by atoms with E-state index in [1.165, 1.54) is 12.1 Å². The van der Waals surface area contributed by atoms with Gasteiger partial charge in [0.05, 0.1) is 12.1 Å². The highest BCUT2D eigenvalue weighted by molar-refractivity contribution is 5.70. The molecule has 34 heavy (non-hydrogen) atoms. The predicted octanol–water partition coefficient (Wildman–Crippen LogP) is 4.95. The van der Waals surface area contributed by atoms with E-state index in [9.17, 15) is 9.18 Å². The fourth-order valence-corrected chi connectivity index (χ4v) is 3.84. The summed E-state index contributed by atoms with van der Waals surface area (Å²) in [4.78, 5) is 23.6. The fraction of sp³-hybridized carbons (Fsp3) is 0.370. The zero-order valence-corrected chi connectivity index (χ0v) is 19.9. The highest BCUT2D eigenvalue weighted by Crippen LogP contribution is 2.24. The lowest BCUT2D eigenvalue weighted by atomic mass is 10.1. The first kappa shape index (κ1) is 23.8. The Bertz CT molecular complexity index is 1140. The summed E-state index contributed by atoms with van der Waals surface area (Å²) in [5, 5.41) is 0. The third kappa shape index (κ3) is 6.60. The van der Waals surface area contributed by atoms with Crippen LogP contribution in [0.2, 0.25) is 0 Å². The summed E-state index contributed by atoms with van der Waals surface area (Å²) >= 11 is 0. The van der Waals surface area contributed by atoms with Crippen LogP contribution in [0, 0.1) is 5.82 Å². The van der Waals surface area contributed by atoms with Gasteiger partial charge in [0.15, 0.2) is 5.82 Å².